The summed E-state index contributed by atoms with van der Waals surface area (Å²) in [5, 5.41) is 0.474. The monoisotopic (exact) mass is 447 g/mol. The van der Waals surface area contributed by atoms with Gasteiger partial charge in [0.1, 0.15) is 0 Å². The Balaban J connectivity index is 1.52. The molecule has 5 nitrogen and oxygen atoms in total. The Labute approximate surface area is 182 Å². The van der Waals surface area contributed by atoms with Gasteiger partial charge in [0, 0.05) is 25.8 Å². The Hall–Kier alpha value is -2.78. The van der Waals surface area contributed by atoms with Crippen LogP contribution in [-0.4, -0.2) is 49.3 Å². The molecule has 0 spiro atoms. The molecule has 0 saturated carbocycles. The largest absolute Gasteiger partial charge is 0.416 e. The lowest BCUT2D eigenvalue weighted by atomic mass is 10.1. The molecule has 0 aromatic heterocycles. The van der Waals surface area contributed by atoms with Gasteiger partial charge in [0.25, 0.3) is 5.91 Å². The summed E-state index contributed by atoms with van der Waals surface area (Å²) in [5.41, 5.74) is 1.34. The Morgan fingerprint density at radius 3 is 2.48 bits per heavy atom. The quantitative estimate of drug-likeness (QED) is 0.636. The zero-order valence-corrected chi connectivity index (χ0v) is 17.5. The number of hydrogen-bond donors (Lipinski definition) is 0. The van der Waals surface area contributed by atoms with Crippen LogP contribution in [-0.2, 0) is 15.7 Å². The first-order chi connectivity index (χ1) is 14.8. The minimum atomic E-state index is -4.43. The lowest BCUT2D eigenvalue weighted by molar-refractivity contribution is -0.137. The molecule has 2 fully saturated rings. The molecule has 2 aromatic carbocycles. The highest BCUT2D eigenvalue weighted by atomic mass is 32.2. The van der Waals surface area contributed by atoms with Crippen molar-refractivity contribution in [1.82, 2.24) is 4.90 Å². The van der Waals surface area contributed by atoms with Crippen molar-refractivity contribution in [2.45, 2.75) is 6.18 Å². The second-order valence-electron chi connectivity index (χ2n) is 7.11. The molecule has 0 unspecified atom stereocenters. The Morgan fingerprint density at radius 2 is 1.81 bits per heavy atom. The molecule has 9 heteroatoms. The predicted molar refractivity (Wildman–Crippen MR) is 116 cm³/mol. The van der Waals surface area contributed by atoms with Gasteiger partial charge in [-0.3, -0.25) is 9.69 Å². The van der Waals surface area contributed by atoms with E-state index in [0.717, 1.165) is 42.7 Å². The van der Waals surface area contributed by atoms with Gasteiger partial charge in [0.15, 0.2) is 5.17 Å². The molecule has 162 valence electrons. The maximum atomic E-state index is 12.9. The number of aliphatic imine (C=N–C) groups is 1. The molecule has 0 atom stereocenters. The van der Waals surface area contributed by atoms with Gasteiger partial charge in [-0.05, 0) is 59.8 Å². The Morgan fingerprint density at radius 1 is 1.10 bits per heavy atom. The molecule has 4 rings (SSSR count). The van der Waals surface area contributed by atoms with Gasteiger partial charge in [0.05, 0.1) is 29.4 Å². The number of rotatable bonds is 3. The predicted octanol–water partition coefficient (Wildman–Crippen LogP) is 4.78. The van der Waals surface area contributed by atoms with E-state index in [1.807, 2.05) is 24.3 Å². The van der Waals surface area contributed by atoms with Crippen molar-refractivity contribution in [3.8, 4) is 0 Å². The van der Waals surface area contributed by atoms with Crippen molar-refractivity contribution in [2.24, 2.45) is 4.99 Å². The van der Waals surface area contributed by atoms with E-state index >= 15 is 0 Å². The van der Waals surface area contributed by atoms with Crippen LogP contribution in [0, 0.1) is 0 Å². The minimum Gasteiger partial charge on any atom is -0.378 e. The average molecular weight is 447 g/mol. The first kappa shape index (κ1) is 21.5. The summed E-state index contributed by atoms with van der Waals surface area (Å²) in [4.78, 5) is 21.1. The number of benzene rings is 2. The highest BCUT2D eigenvalue weighted by molar-refractivity contribution is 8.18. The first-order valence-electron chi connectivity index (χ1n) is 9.67. The molecule has 2 aromatic rings. The number of anilines is 1. The number of ether oxygens (including phenoxy) is 1. The van der Waals surface area contributed by atoms with Crippen LogP contribution in [0.5, 0.6) is 0 Å². The molecule has 0 aliphatic carbocycles. The molecule has 2 heterocycles. The van der Waals surface area contributed by atoms with E-state index in [0.29, 0.717) is 34.5 Å². The highest BCUT2D eigenvalue weighted by Gasteiger charge is 2.32. The lowest BCUT2D eigenvalue weighted by Crippen LogP contribution is -2.36. The Bertz CT molecular complexity index is 1030. The van der Waals surface area contributed by atoms with Gasteiger partial charge in [-0.15, -0.1) is 0 Å². The molecule has 2 saturated heterocycles. The summed E-state index contributed by atoms with van der Waals surface area (Å²) in [7, 11) is 1.60. The van der Waals surface area contributed by atoms with E-state index in [9.17, 15) is 18.0 Å². The van der Waals surface area contributed by atoms with Crippen molar-refractivity contribution in [3.05, 3.63) is 64.6 Å². The second kappa shape index (κ2) is 8.76. The van der Waals surface area contributed by atoms with Gasteiger partial charge < -0.3 is 9.64 Å². The van der Waals surface area contributed by atoms with Gasteiger partial charge in [-0.1, -0.05) is 12.1 Å². The van der Waals surface area contributed by atoms with E-state index in [1.54, 1.807) is 7.05 Å². The van der Waals surface area contributed by atoms with E-state index < -0.39 is 11.7 Å². The van der Waals surface area contributed by atoms with Gasteiger partial charge in [0.2, 0.25) is 0 Å². The summed E-state index contributed by atoms with van der Waals surface area (Å²) in [6.45, 7) is 3.08. The summed E-state index contributed by atoms with van der Waals surface area (Å²) in [5.74, 6) is -0.300. The Kier molecular flexibility index (Phi) is 6.06. The number of carbonyl (C=O) groups is 1. The molecule has 2 aliphatic heterocycles. The maximum Gasteiger partial charge on any atom is 0.416 e. The van der Waals surface area contributed by atoms with Crippen molar-refractivity contribution in [1.29, 1.82) is 0 Å². The number of amides is 1. The normalized spacial score (nSPS) is 20.2. The molecule has 0 N–H and O–H groups in total. The number of carbonyl (C=O) groups excluding carboxylic acids is 1. The van der Waals surface area contributed by atoms with Crippen LogP contribution < -0.4 is 4.90 Å². The number of thioether (sulfide) groups is 1. The smallest absolute Gasteiger partial charge is 0.378 e. The first-order valence-corrected chi connectivity index (χ1v) is 10.5. The fourth-order valence-corrected chi connectivity index (χ4v) is 4.26. The van der Waals surface area contributed by atoms with Gasteiger partial charge in [-0.2, -0.15) is 13.2 Å². The fourth-order valence-electron chi connectivity index (χ4n) is 3.28. The van der Waals surface area contributed by atoms with E-state index in [-0.39, 0.29) is 5.91 Å². The third kappa shape index (κ3) is 4.94. The lowest BCUT2D eigenvalue weighted by Gasteiger charge is -2.28. The van der Waals surface area contributed by atoms with Crippen LogP contribution in [0.2, 0.25) is 0 Å². The van der Waals surface area contributed by atoms with E-state index in [1.165, 1.54) is 23.1 Å². The number of hydrogen-bond acceptors (Lipinski definition) is 5. The number of morpholine rings is 1. The van der Waals surface area contributed by atoms with Gasteiger partial charge >= 0.3 is 6.18 Å². The summed E-state index contributed by atoms with van der Waals surface area (Å²) in [6, 6.07) is 12.6. The van der Waals surface area contributed by atoms with Crippen LogP contribution >= 0.6 is 11.8 Å². The van der Waals surface area contributed by atoms with Crippen LogP contribution in [0.3, 0.4) is 0 Å². The number of amidine groups is 1. The third-order valence-electron chi connectivity index (χ3n) is 4.97. The van der Waals surface area contributed by atoms with Crippen LogP contribution in [0.25, 0.3) is 6.08 Å². The molecule has 0 bridgehead atoms. The summed E-state index contributed by atoms with van der Waals surface area (Å²) >= 11 is 1.14. The average Bonchev–Trinajstić information content (AvgIpc) is 3.02. The molecule has 1 amide bonds. The van der Waals surface area contributed by atoms with Crippen molar-refractivity contribution in [3.63, 3.8) is 0 Å². The molecular formula is C22H20F3N3O2S. The summed E-state index contributed by atoms with van der Waals surface area (Å²) < 4.78 is 44.2. The molecular weight excluding hydrogens is 427 g/mol. The number of alkyl halides is 3. The zero-order valence-electron chi connectivity index (χ0n) is 16.7. The van der Waals surface area contributed by atoms with Crippen molar-refractivity contribution in [2.75, 3.05) is 38.3 Å². The van der Waals surface area contributed by atoms with E-state index in [4.69, 9.17) is 4.74 Å². The summed E-state index contributed by atoms with van der Waals surface area (Å²) in [6.07, 6.45) is -2.97. The van der Waals surface area contributed by atoms with Crippen molar-refractivity contribution < 1.29 is 22.7 Å². The maximum absolute atomic E-state index is 12.9. The second-order valence-corrected chi connectivity index (χ2v) is 8.12. The molecule has 0 radical (unpaired) electrons. The van der Waals surface area contributed by atoms with Crippen LogP contribution in [0.4, 0.5) is 24.5 Å². The zero-order chi connectivity index (χ0) is 22.0. The molecule has 2 aliphatic rings. The molecule has 31 heavy (non-hydrogen) atoms. The number of likely N-dealkylation sites (N-methyl/N-ethyl adjacent to an activating group) is 1. The SMILES string of the molecule is CN1C(=O)/C(=C/c2cccc(C(F)(F)F)c2)SC1=Nc1ccc(N2CCOCC2)cc1. The standard InChI is InChI=1S/C22H20F3N3O2S/c1-27-20(29)19(14-15-3-2-4-16(13-15)22(23,24)25)31-21(27)26-17-5-7-18(8-6-17)28-9-11-30-12-10-28/h2-8,13-14H,9-12H2,1H3/b19-14-,26-21?. The number of nitrogens with zero attached hydrogens (tertiary/aromatic N) is 3. The number of halogens is 3. The highest BCUT2D eigenvalue weighted by Crippen LogP contribution is 2.35. The van der Waals surface area contributed by atoms with Gasteiger partial charge in [-0.25, -0.2) is 4.99 Å². The fraction of sp³-hybridized carbons (Fsp3) is 0.273. The minimum absolute atomic E-state index is 0.300. The van der Waals surface area contributed by atoms with Crippen LogP contribution in [0.15, 0.2) is 58.4 Å². The topological polar surface area (TPSA) is 45.1 Å². The van der Waals surface area contributed by atoms with Crippen LogP contribution in [0.1, 0.15) is 11.1 Å². The van der Waals surface area contributed by atoms with Crippen molar-refractivity contribution >= 4 is 40.3 Å². The third-order valence-corrected chi connectivity index (χ3v) is 6.03. The van der Waals surface area contributed by atoms with E-state index in [2.05, 4.69) is 9.89 Å².